The molecule has 2 heteroatoms. The summed E-state index contributed by atoms with van der Waals surface area (Å²) >= 11 is 0. The van der Waals surface area contributed by atoms with Gasteiger partial charge in [0.2, 0.25) is 0 Å². The first-order valence-electron chi connectivity index (χ1n) is 8.08. The Morgan fingerprint density at radius 1 is 0.611 bits per heavy atom. The van der Waals surface area contributed by atoms with Crippen LogP contribution >= 0.6 is 0 Å². The van der Waals surface area contributed by atoms with Crippen LogP contribution in [0.25, 0.3) is 0 Å². The van der Waals surface area contributed by atoms with Gasteiger partial charge in [-0.15, -0.1) is 0 Å². The lowest BCUT2D eigenvalue weighted by molar-refractivity contribution is 0.163. The predicted octanol–water partition coefficient (Wildman–Crippen LogP) is 3.90. The average Bonchev–Trinajstić information content (AvgIpc) is 2.42. The number of rotatable bonds is 10. The minimum absolute atomic E-state index is 0.358. The molecule has 1 rings (SSSR count). The maximum atomic E-state index is 9.10. The molecule has 0 aromatic heterocycles. The molecule has 1 aliphatic rings. The molecule has 1 fully saturated rings. The lowest BCUT2D eigenvalue weighted by Crippen LogP contribution is -2.17. The van der Waals surface area contributed by atoms with Crippen LogP contribution in [0.2, 0.25) is 0 Å². The minimum Gasteiger partial charge on any atom is -0.396 e. The van der Waals surface area contributed by atoms with Crippen molar-refractivity contribution in [3.63, 3.8) is 0 Å². The largest absolute Gasteiger partial charge is 0.396 e. The molecule has 0 aromatic carbocycles. The molecule has 0 radical (unpaired) electrons. The number of aliphatic hydroxyl groups excluding tert-OH is 2. The monoisotopic (exact) mass is 256 g/mol. The highest BCUT2D eigenvalue weighted by Gasteiger charge is 2.19. The molecule has 0 heterocycles. The number of aliphatic hydroxyl groups is 2. The van der Waals surface area contributed by atoms with Crippen molar-refractivity contribution in [1.82, 2.24) is 0 Å². The Kier molecular flexibility index (Phi) is 9.59. The summed E-state index contributed by atoms with van der Waals surface area (Å²) in [4.78, 5) is 0. The van der Waals surface area contributed by atoms with E-state index in [4.69, 9.17) is 10.2 Å². The van der Waals surface area contributed by atoms with Crippen molar-refractivity contribution < 1.29 is 10.2 Å². The van der Waals surface area contributed by atoms with E-state index >= 15 is 0 Å². The summed E-state index contributed by atoms with van der Waals surface area (Å²) in [7, 11) is 0. The van der Waals surface area contributed by atoms with Crippen molar-refractivity contribution in [3.8, 4) is 0 Å². The number of unbranched alkanes of at least 4 members (excludes halogenated alkanes) is 6. The summed E-state index contributed by atoms with van der Waals surface area (Å²) < 4.78 is 0. The summed E-state index contributed by atoms with van der Waals surface area (Å²) in [6.45, 7) is 0.761. The Morgan fingerprint density at radius 3 is 1.67 bits per heavy atom. The average molecular weight is 256 g/mol. The van der Waals surface area contributed by atoms with E-state index in [1.807, 2.05) is 0 Å². The highest BCUT2D eigenvalue weighted by atomic mass is 16.3. The van der Waals surface area contributed by atoms with Crippen LogP contribution in [0.3, 0.4) is 0 Å². The number of hydrogen-bond donors (Lipinski definition) is 2. The molecule has 0 atom stereocenters. The highest BCUT2D eigenvalue weighted by Crippen LogP contribution is 2.31. The predicted molar refractivity (Wildman–Crippen MR) is 76.6 cm³/mol. The zero-order chi connectivity index (χ0) is 13.1. The fraction of sp³-hybridized carbons (Fsp3) is 1.00. The van der Waals surface area contributed by atoms with Gasteiger partial charge < -0.3 is 10.2 Å². The Bertz CT molecular complexity index is 174. The second-order valence-electron chi connectivity index (χ2n) is 6.06. The van der Waals surface area contributed by atoms with Gasteiger partial charge in [0, 0.05) is 13.2 Å². The van der Waals surface area contributed by atoms with E-state index in [0.29, 0.717) is 19.1 Å². The van der Waals surface area contributed by atoms with Gasteiger partial charge in [0.05, 0.1) is 0 Å². The topological polar surface area (TPSA) is 40.5 Å². The molecule has 2 N–H and O–H groups in total. The van der Waals surface area contributed by atoms with E-state index in [0.717, 1.165) is 12.3 Å². The molecule has 0 spiro atoms. The highest BCUT2D eigenvalue weighted by molar-refractivity contribution is 4.72. The quantitative estimate of drug-likeness (QED) is 0.582. The van der Waals surface area contributed by atoms with Crippen LogP contribution in [-0.4, -0.2) is 23.4 Å². The summed E-state index contributed by atoms with van der Waals surface area (Å²) in [5, 5.41) is 17.8. The molecular weight excluding hydrogens is 224 g/mol. The van der Waals surface area contributed by atoms with Crippen LogP contribution in [0.4, 0.5) is 0 Å². The molecular formula is C16H32O2. The van der Waals surface area contributed by atoms with E-state index in [1.165, 1.54) is 70.6 Å². The smallest absolute Gasteiger partial charge is 0.0459 e. The third kappa shape index (κ3) is 7.38. The molecule has 108 valence electrons. The normalized spacial score (nSPS) is 24.3. The van der Waals surface area contributed by atoms with E-state index < -0.39 is 0 Å². The van der Waals surface area contributed by atoms with Gasteiger partial charge in [-0.2, -0.15) is 0 Å². The molecule has 0 saturated heterocycles. The Morgan fingerprint density at radius 2 is 1.11 bits per heavy atom. The molecule has 0 amide bonds. The van der Waals surface area contributed by atoms with E-state index in [1.54, 1.807) is 0 Å². The van der Waals surface area contributed by atoms with Crippen LogP contribution in [0.1, 0.15) is 77.0 Å². The lowest BCUT2D eigenvalue weighted by Gasteiger charge is -2.27. The van der Waals surface area contributed by atoms with Crippen LogP contribution in [0, 0.1) is 11.8 Å². The summed E-state index contributed by atoms with van der Waals surface area (Å²) in [5.74, 6) is 1.55. The van der Waals surface area contributed by atoms with Gasteiger partial charge in [0.25, 0.3) is 0 Å². The minimum atomic E-state index is 0.358. The molecule has 1 saturated carbocycles. The van der Waals surface area contributed by atoms with Crippen molar-refractivity contribution in [2.75, 3.05) is 13.2 Å². The first kappa shape index (κ1) is 16.0. The van der Waals surface area contributed by atoms with Crippen LogP contribution in [0.15, 0.2) is 0 Å². The Balaban J connectivity index is 1.84. The van der Waals surface area contributed by atoms with E-state index in [-0.39, 0.29) is 0 Å². The summed E-state index contributed by atoms with van der Waals surface area (Å²) in [6, 6.07) is 0. The van der Waals surface area contributed by atoms with Crippen molar-refractivity contribution in [2.45, 2.75) is 77.0 Å². The maximum absolute atomic E-state index is 9.10. The first-order valence-corrected chi connectivity index (χ1v) is 8.08. The SMILES string of the molecule is OCCCCCCCCCC1CCC(CO)CC1. The van der Waals surface area contributed by atoms with E-state index in [2.05, 4.69) is 0 Å². The van der Waals surface area contributed by atoms with Gasteiger partial charge in [-0.05, 0) is 31.1 Å². The van der Waals surface area contributed by atoms with Gasteiger partial charge in [0.1, 0.15) is 0 Å². The zero-order valence-electron chi connectivity index (χ0n) is 11.9. The van der Waals surface area contributed by atoms with Crippen molar-refractivity contribution in [2.24, 2.45) is 11.8 Å². The zero-order valence-corrected chi connectivity index (χ0v) is 11.9. The Hall–Kier alpha value is -0.0800. The van der Waals surface area contributed by atoms with Gasteiger partial charge >= 0.3 is 0 Å². The maximum Gasteiger partial charge on any atom is 0.0459 e. The molecule has 2 nitrogen and oxygen atoms in total. The van der Waals surface area contributed by atoms with Gasteiger partial charge in [-0.25, -0.2) is 0 Å². The van der Waals surface area contributed by atoms with Crippen molar-refractivity contribution >= 4 is 0 Å². The fourth-order valence-corrected chi connectivity index (χ4v) is 3.13. The standard InChI is InChI=1S/C16H32O2/c17-13-7-5-3-1-2-4-6-8-15-9-11-16(14-18)12-10-15/h15-18H,1-14H2. The van der Waals surface area contributed by atoms with Gasteiger partial charge in [0.15, 0.2) is 0 Å². The third-order valence-corrected chi connectivity index (χ3v) is 4.50. The van der Waals surface area contributed by atoms with Crippen LogP contribution < -0.4 is 0 Å². The first-order chi connectivity index (χ1) is 8.86. The molecule has 0 aromatic rings. The second kappa shape index (κ2) is 10.8. The molecule has 0 unspecified atom stereocenters. The van der Waals surface area contributed by atoms with Crippen molar-refractivity contribution in [3.05, 3.63) is 0 Å². The van der Waals surface area contributed by atoms with Crippen LogP contribution in [0.5, 0.6) is 0 Å². The number of hydrogen-bond acceptors (Lipinski definition) is 2. The fourth-order valence-electron chi connectivity index (χ4n) is 3.13. The second-order valence-corrected chi connectivity index (χ2v) is 6.06. The van der Waals surface area contributed by atoms with E-state index in [9.17, 15) is 0 Å². The van der Waals surface area contributed by atoms with Gasteiger partial charge in [-0.3, -0.25) is 0 Å². The summed E-state index contributed by atoms with van der Waals surface area (Å²) in [6.07, 6.45) is 15.6. The third-order valence-electron chi connectivity index (χ3n) is 4.50. The van der Waals surface area contributed by atoms with Crippen molar-refractivity contribution in [1.29, 1.82) is 0 Å². The van der Waals surface area contributed by atoms with Gasteiger partial charge in [-0.1, -0.05) is 57.8 Å². The molecule has 0 bridgehead atoms. The Labute approximate surface area is 113 Å². The molecule has 0 aliphatic heterocycles. The molecule has 18 heavy (non-hydrogen) atoms. The van der Waals surface area contributed by atoms with Crippen LogP contribution in [-0.2, 0) is 0 Å². The molecule has 1 aliphatic carbocycles. The summed E-state index contributed by atoms with van der Waals surface area (Å²) in [5.41, 5.74) is 0. The lowest BCUT2D eigenvalue weighted by atomic mass is 9.80.